The molecule has 1 saturated heterocycles. The van der Waals surface area contributed by atoms with Crippen LogP contribution in [-0.4, -0.2) is 117 Å². The van der Waals surface area contributed by atoms with Gasteiger partial charge in [0, 0.05) is 19.5 Å². The summed E-state index contributed by atoms with van der Waals surface area (Å²) in [6.07, 6.45) is -8.67. The van der Waals surface area contributed by atoms with E-state index >= 15 is 0 Å². The van der Waals surface area contributed by atoms with Gasteiger partial charge in [0.25, 0.3) is 0 Å². The quantitative estimate of drug-likeness (QED) is 0.0733. The molecule has 0 radical (unpaired) electrons. The normalized spacial score (nSPS) is 20.9. The lowest BCUT2D eigenvalue weighted by molar-refractivity contribution is -0.271. The van der Waals surface area contributed by atoms with E-state index in [1.165, 1.54) is 24.6 Å². The highest BCUT2D eigenvalue weighted by Gasteiger charge is 2.48. The molecular formula is C31H50N4O14. The second-order valence-corrected chi connectivity index (χ2v) is 11.9. The Balaban J connectivity index is 0.00000385. The van der Waals surface area contributed by atoms with E-state index in [1.54, 1.807) is 13.8 Å². The van der Waals surface area contributed by atoms with Crippen molar-refractivity contribution < 1.29 is 68.8 Å². The third-order valence-electron chi connectivity index (χ3n) is 6.96. The average Bonchev–Trinajstić information content (AvgIpc) is 3.04. The van der Waals surface area contributed by atoms with Crippen molar-refractivity contribution in [2.75, 3.05) is 25.0 Å². The molecule has 18 heteroatoms. The van der Waals surface area contributed by atoms with Crippen LogP contribution in [0, 0.1) is 5.41 Å². The van der Waals surface area contributed by atoms with Crippen LogP contribution in [0.4, 0.5) is 10.5 Å². The Bertz CT molecular complexity index is 1250. The van der Waals surface area contributed by atoms with Crippen LogP contribution in [-0.2, 0) is 35.3 Å². The molecule has 1 aromatic carbocycles. The second-order valence-electron chi connectivity index (χ2n) is 11.9. The summed E-state index contributed by atoms with van der Waals surface area (Å²) >= 11 is 0. The number of rotatable bonds is 17. The maximum Gasteiger partial charge on any atom is 0.506 e. The van der Waals surface area contributed by atoms with Gasteiger partial charge in [0.15, 0.2) is 6.10 Å². The van der Waals surface area contributed by atoms with E-state index in [2.05, 4.69) is 34.5 Å². The first kappa shape index (κ1) is 43.0. The summed E-state index contributed by atoms with van der Waals surface area (Å²) in [4.78, 5) is 59.3. The van der Waals surface area contributed by atoms with Crippen molar-refractivity contribution in [2.45, 2.75) is 103 Å². The van der Waals surface area contributed by atoms with E-state index in [1.807, 2.05) is 0 Å². The van der Waals surface area contributed by atoms with Crippen LogP contribution >= 0.6 is 0 Å². The van der Waals surface area contributed by atoms with Crippen molar-refractivity contribution in [1.82, 2.24) is 10.6 Å². The Labute approximate surface area is 283 Å². The number of ether oxygens (including phenoxy) is 3. The molecule has 6 atom stereocenters. The lowest BCUT2D eigenvalue weighted by Gasteiger charge is -2.38. The number of nitrogens with one attached hydrogen (secondary N) is 3. The number of aliphatic hydroxyl groups is 4. The molecule has 278 valence electrons. The number of carbonyl (C=O) groups is 5. The van der Waals surface area contributed by atoms with Crippen LogP contribution in [0.25, 0.3) is 0 Å². The molecule has 2 rings (SSSR count). The molecular weight excluding hydrogens is 652 g/mol. The lowest BCUT2D eigenvalue weighted by Crippen LogP contribution is -2.61. The third-order valence-corrected chi connectivity index (χ3v) is 6.96. The first-order chi connectivity index (χ1) is 23.0. The maximum atomic E-state index is 12.7. The van der Waals surface area contributed by atoms with E-state index in [0.717, 1.165) is 0 Å². The van der Waals surface area contributed by atoms with E-state index < -0.39 is 72.7 Å². The summed E-state index contributed by atoms with van der Waals surface area (Å²) < 4.78 is 15.2. The van der Waals surface area contributed by atoms with E-state index in [0.29, 0.717) is 25.8 Å². The van der Waals surface area contributed by atoms with Crippen LogP contribution in [0.15, 0.2) is 18.2 Å². The van der Waals surface area contributed by atoms with Gasteiger partial charge >= 0.3 is 12.1 Å². The number of nitrogens with two attached hydrogens (primary N) is 1. The maximum absolute atomic E-state index is 12.7. The molecule has 1 aliphatic heterocycles. The molecule has 4 unspecified atom stereocenters. The highest BCUT2D eigenvalue weighted by atomic mass is 16.7. The number of aliphatic carboxylic acids is 1. The molecule has 1 fully saturated rings. The number of carboxylic acids is 1. The Morgan fingerprint density at radius 3 is 2.22 bits per heavy atom. The minimum Gasteiger partial charge on any atom is -0.479 e. The van der Waals surface area contributed by atoms with Gasteiger partial charge in [-0.15, -0.1) is 0 Å². The fourth-order valence-electron chi connectivity index (χ4n) is 4.06. The first-order valence-electron chi connectivity index (χ1n) is 15.8. The smallest absolute Gasteiger partial charge is 0.479 e. The summed E-state index contributed by atoms with van der Waals surface area (Å²) in [6.45, 7) is 7.00. The first-order valence-corrected chi connectivity index (χ1v) is 15.8. The number of amides is 3. The van der Waals surface area contributed by atoms with Gasteiger partial charge in [0.1, 0.15) is 30.7 Å². The molecule has 1 aromatic rings. The highest BCUT2D eigenvalue weighted by Crippen LogP contribution is 2.31. The number of carboxylic acid groups (broad SMARTS) is 2. The Morgan fingerprint density at radius 1 is 0.980 bits per heavy atom. The van der Waals surface area contributed by atoms with Gasteiger partial charge in [0.05, 0.1) is 23.8 Å². The fourth-order valence-corrected chi connectivity index (χ4v) is 4.06. The summed E-state index contributed by atoms with van der Waals surface area (Å²) in [5.41, 5.74) is 5.21. The zero-order valence-corrected chi connectivity index (χ0v) is 28.1. The molecule has 11 N–H and O–H groups in total. The standard InChI is InChI=1S/C28H42N4O14.C3H8/c1-28(2,13-33)26(41)31-9-4-3-5-15(29)23(38)30-10-8-18(34)32-16-11-14(12-44-27(42)43)6-7-17(16)45-25-21(37)19(35)20(36)22(46-25)24(39)40;1-3-2/h6-7,11,15,19-22,25,33,35-37H,3-5,8-10,12-13,29H2,1-2H3,(H,30,38)(H,31,41)(H,32,34)(H,39,40)(H,42,43);3H2,1-2H3/t15?,19?,20-,21+,22?,25?;/m0./s1. The van der Waals surface area contributed by atoms with Gasteiger partial charge < -0.3 is 66.5 Å². The molecule has 1 aliphatic rings. The van der Waals surface area contributed by atoms with Gasteiger partial charge in [-0.1, -0.05) is 26.3 Å². The molecule has 3 amide bonds. The van der Waals surface area contributed by atoms with Gasteiger partial charge in [-0.05, 0) is 50.8 Å². The van der Waals surface area contributed by atoms with Crippen molar-refractivity contribution in [3.63, 3.8) is 0 Å². The zero-order valence-electron chi connectivity index (χ0n) is 28.1. The van der Waals surface area contributed by atoms with Gasteiger partial charge in [-0.3, -0.25) is 14.4 Å². The Hall–Kier alpha value is -4.07. The van der Waals surface area contributed by atoms with Gasteiger partial charge in [-0.2, -0.15) is 0 Å². The number of unbranched alkanes of at least 4 members (excludes halogenated alkanes) is 1. The largest absolute Gasteiger partial charge is 0.506 e. The predicted octanol–water partition coefficient (Wildman–Crippen LogP) is -0.354. The summed E-state index contributed by atoms with van der Waals surface area (Å²) in [6, 6.07) is 3.02. The highest BCUT2D eigenvalue weighted by molar-refractivity contribution is 5.93. The number of hydrogen-bond donors (Lipinski definition) is 10. The van der Waals surface area contributed by atoms with Crippen molar-refractivity contribution in [3.05, 3.63) is 23.8 Å². The average molecular weight is 703 g/mol. The van der Waals surface area contributed by atoms with Gasteiger partial charge in [0.2, 0.25) is 24.0 Å². The SMILES string of the molecule is CC(C)(CO)C(=O)NCCCCC(N)C(=O)NCCC(=O)Nc1cc(COC(=O)O)ccc1OC1OC(C(=O)O)[C@@H](O)C(O)[C@H]1O.CCC. The predicted molar refractivity (Wildman–Crippen MR) is 172 cm³/mol. The molecule has 0 spiro atoms. The third kappa shape index (κ3) is 14.5. The number of benzene rings is 1. The molecule has 0 bridgehead atoms. The molecule has 0 aliphatic carbocycles. The van der Waals surface area contributed by atoms with Crippen molar-refractivity contribution in [2.24, 2.45) is 11.1 Å². The summed E-state index contributed by atoms with van der Waals surface area (Å²) in [7, 11) is 0. The molecule has 0 aromatic heterocycles. The van der Waals surface area contributed by atoms with Crippen LogP contribution < -0.4 is 26.4 Å². The Morgan fingerprint density at radius 2 is 1.63 bits per heavy atom. The molecule has 49 heavy (non-hydrogen) atoms. The minimum atomic E-state index is -1.96. The van der Waals surface area contributed by atoms with E-state index in [4.69, 9.17) is 20.3 Å². The Kier molecular flexibility index (Phi) is 18.5. The van der Waals surface area contributed by atoms with E-state index in [-0.39, 0.29) is 42.5 Å². The van der Waals surface area contributed by atoms with Crippen LogP contribution in [0.2, 0.25) is 0 Å². The number of anilines is 1. The van der Waals surface area contributed by atoms with Crippen molar-refractivity contribution in [1.29, 1.82) is 0 Å². The number of aliphatic hydroxyl groups excluding tert-OH is 4. The minimum absolute atomic E-state index is 0.0720. The van der Waals surface area contributed by atoms with Gasteiger partial charge in [-0.25, -0.2) is 9.59 Å². The summed E-state index contributed by atoms with van der Waals surface area (Å²) in [5.74, 6) is -3.24. The second kappa shape index (κ2) is 21.1. The molecule has 18 nitrogen and oxygen atoms in total. The fraction of sp³-hybridized carbons (Fsp3) is 0.645. The molecule has 1 heterocycles. The van der Waals surface area contributed by atoms with Crippen LogP contribution in [0.5, 0.6) is 5.75 Å². The zero-order chi connectivity index (χ0) is 37.3. The summed E-state index contributed by atoms with van der Waals surface area (Å²) in [5, 5.41) is 65.3. The number of hydrogen-bond acceptors (Lipinski definition) is 13. The lowest BCUT2D eigenvalue weighted by atomic mass is 9.94. The number of carbonyl (C=O) groups excluding carboxylic acids is 3. The monoisotopic (exact) mass is 702 g/mol. The van der Waals surface area contributed by atoms with Crippen LogP contribution in [0.1, 0.15) is 65.4 Å². The van der Waals surface area contributed by atoms with E-state index in [9.17, 15) is 49.5 Å². The van der Waals surface area contributed by atoms with Crippen molar-refractivity contribution in [3.8, 4) is 5.75 Å². The van der Waals surface area contributed by atoms with Crippen molar-refractivity contribution >= 4 is 35.5 Å². The molecule has 0 saturated carbocycles. The van der Waals surface area contributed by atoms with Crippen LogP contribution in [0.3, 0.4) is 0 Å². The topological polar surface area (TPSA) is 297 Å².